The van der Waals surface area contributed by atoms with Crippen molar-refractivity contribution in [3.63, 3.8) is 0 Å². The highest BCUT2D eigenvalue weighted by Gasteiger charge is 2.52. The SMILES string of the molecule is CCCCCCCC[C@H]1CC[C@@H](O)[C@@H]1CC=CCCC(OC1CCCCO1)(O[Si](C)(C)C(C)(C)C)C(=O)OC(C)C. The molecular weight excluding hydrogens is 532 g/mol. The van der Waals surface area contributed by atoms with Crippen LogP contribution in [0.15, 0.2) is 12.2 Å². The molecule has 1 N–H and O–H groups in total. The minimum atomic E-state index is -2.41. The van der Waals surface area contributed by atoms with Crippen molar-refractivity contribution in [2.45, 2.75) is 180 Å². The van der Waals surface area contributed by atoms with Gasteiger partial charge in [0, 0.05) is 13.0 Å². The monoisotopic (exact) mass is 596 g/mol. The summed E-state index contributed by atoms with van der Waals surface area (Å²) < 4.78 is 25.0. The molecule has 0 aromatic carbocycles. The van der Waals surface area contributed by atoms with Crippen molar-refractivity contribution in [3.05, 3.63) is 12.2 Å². The molecule has 0 radical (unpaired) electrons. The van der Waals surface area contributed by atoms with E-state index >= 15 is 0 Å². The second-order valence-electron chi connectivity index (χ2n) is 14.4. The van der Waals surface area contributed by atoms with E-state index < -0.39 is 26.4 Å². The normalized spacial score (nSPS) is 25.6. The van der Waals surface area contributed by atoms with Crippen molar-refractivity contribution in [3.8, 4) is 0 Å². The molecule has 0 aromatic heterocycles. The molecule has 6 nitrogen and oxygen atoms in total. The van der Waals surface area contributed by atoms with Crippen LogP contribution >= 0.6 is 0 Å². The van der Waals surface area contributed by atoms with Crippen LogP contribution in [0.5, 0.6) is 0 Å². The van der Waals surface area contributed by atoms with Crippen LogP contribution in [0.2, 0.25) is 18.1 Å². The van der Waals surface area contributed by atoms with Gasteiger partial charge in [0.05, 0.1) is 12.2 Å². The first-order chi connectivity index (χ1) is 19.3. The molecule has 1 aliphatic carbocycles. The number of ether oxygens (including phenoxy) is 3. The number of aliphatic hydroxyl groups is 1. The molecule has 2 unspecified atom stereocenters. The van der Waals surface area contributed by atoms with E-state index in [9.17, 15) is 9.90 Å². The van der Waals surface area contributed by atoms with Gasteiger partial charge in [-0.3, -0.25) is 0 Å². The number of carbonyl (C=O) groups is 1. The summed E-state index contributed by atoms with van der Waals surface area (Å²) in [6, 6.07) is 0. The van der Waals surface area contributed by atoms with E-state index in [4.69, 9.17) is 18.6 Å². The fourth-order valence-electron chi connectivity index (χ4n) is 5.88. The molecular formula is C34H64O6Si. The van der Waals surface area contributed by atoms with Crippen molar-refractivity contribution in [1.82, 2.24) is 0 Å². The molecule has 0 bridgehead atoms. The van der Waals surface area contributed by atoms with Crippen LogP contribution < -0.4 is 0 Å². The summed E-state index contributed by atoms with van der Waals surface area (Å²) in [5, 5.41) is 10.6. The lowest BCUT2D eigenvalue weighted by atomic mass is 9.87. The quantitative estimate of drug-likeness (QED) is 0.0559. The first-order valence-corrected chi connectivity index (χ1v) is 19.8. The zero-order valence-corrected chi connectivity index (χ0v) is 28.8. The van der Waals surface area contributed by atoms with Crippen LogP contribution in [0.1, 0.15) is 138 Å². The van der Waals surface area contributed by atoms with Gasteiger partial charge >= 0.3 is 5.97 Å². The average molecular weight is 597 g/mol. The molecule has 1 saturated carbocycles. The lowest BCUT2D eigenvalue weighted by molar-refractivity contribution is -0.292. The Morgan fingerprint density at radius 3 is 2.37 bits per heavy atom. The standard InChI is InChI=1S/C34H64O6Si/c1-9-10-11-12-13-15-20-28-23-24-30(35)29(28)21-16-14-18-25-34(32(36)38-27(2)3,39-31-22-17-19-26-37-31)40-41(7,8)33(4,5)6/h14,16,27-31,35H,9-13,15,17-26H2,1-8H3/t28-,29+,30+,31?,34?/m0/s1. The highest BCUT2D eigenvalue weighted by atomic mass is 28.4. The van der Waals surface area contributed by atoms with E-state index in [0.29, 0.717) is 31.3 Å². The van der Waals surface area contributed by atoms with Crippen molar-refractivity contribution in [2.75, 3.05) is 6.61 Å². The van der Waals surface area contributed by atoms with Crippen molar-refractivity contribution in [2.24, 2.45) is 11.8 Å². The molecule has 2 fully saturated rings. The van der Waals surface area contributed by atoms with Crippen molar-refractivity contribution in [1.29, 1.82) is 0 Å². The number of esters is 1. The zero-order valence-electron chi connectivity index (χ0n) is 27.8. The number of hydrogen-bond acceptors (Lipinski definition) is 6. The average Bonchev–Trinajstić information content (AvgIpc) is 3.24. The first-order valence-electron chi connectivity index (χ1n) is 16.8. The highest BCUT2D eigenvalue weighted by Crippen LogP contribution is 2.42. The number of hydrogen-bond donors (Lipinski definition) is 1. The fourth-order valence-corrected chi connectivity index (χ4v) is 7.24. The van der Waals surface area contributed by atoms with Crippen LogP contribution in [0.3, 0.4) is 0 Å². The van der Waals surface area contributed by atoms with Crippen LogP contribution in [-0.2, 0) is 23.4 Å². The van der Waals surface area contributed by atoms with Crippen LogP contribution in [0.25, 0.3) is 0 Å². The minimum absolute atomic E-state index is 0.105. The molecule has 41 heavy (non-hydrogen) atoms. The first kappa shape index (κ1) is 36.5. The summed E-state index contributed by atoms with van der Waals surface area (Å²) in [4.78, 5) is 13.7. The number of carbonyl (C=O) groups excluding carboxylic acids is 1. The number of unbranched alkanes of at least 4 members (excludes halogenated alkanes) is 5. The Labute approximate surface area is 253 Å². The van der Waals surface area contributed by atoms with Gasteiger partial charge in [-0.15, -0.1) is 0 Å². The summed E-state index contributed by atoms with van der Waals surface area (Å²) in [5.41, 5.74) is 0. The van der Waals surface area contributed by atoms with Gasteiger partial charge in [0.1, 0.15) is 0 Å². The third-order valence-electron chi connectivity index (χ3n) is 9.42. The molecule has 240 valence electrons. The summed E-state index contributed by atoms with van der Waals surface area (Å²) in [6.45, 7) is 17.4. The van der Waals surface area contributed by atoms with E-state index in [2.05, 4.69) is 52.9 Å². The molecule has 2 rings (SSSR count). The maximum atomic E-state index is 13.7. The number of allylic oxidation sites excluding steroid dienone is 2. The van der Waals surface area contributed by atoms with E-state index in [1.165, 1.54) is 44.9 Å². The second-order valence-corrected chi connectivity index (χ2v) is 19.1. The number of rotatable bonds is 18. The van der Waals surface area contributed by atoms with Crippen molar-refractivity contribution < 1.29 is 28.5 Å². The molecule has 5 atom stereocenters. The van der Waals surface area contributed by atoms with Crippen molar-refractivity contribution >= 4 is 14.3 Å². The lowest BCUT2D eigenvalue weighted by Gasteiger charge is -2.45. The Balaban J connectivity index is 2.10. The van der Waals surface area contributed by atoms with Gasteiger partial charge in [-0.1, -0.05) is 84.8 Å². The van der Waals surface area contributed by atoms with E-state index in [1.54, 1.807) is 0 Å². The molecule has 7 heteroatoms. The maximum absolute atomic E-state index is 13.7. The molecule has 2 aliphatic rings. The fraction of sp³-hybridized carbons (Fsp3) is 0.912. The molecule has 1 aliphatic heterocycles. The summed E-state index contributed by atoms with van der Waals surface area (Å²) in [7, 11) is -2.41. The second kappa shape index (κ2) is 17.5. The van der Waals surface area contributed by atoms with E-state index in [-0.39, 0.29) is 17.2 Å². The van der Waals surface area contributed by atoms with Gasteiger partial charge in [0.25, 0.3) is 5.79 Å². The summed E-state index contributed by atoms with van der Waals surface area (Å²) in [5.74, 6) is -1.03. The van der Waals surface area contributed by atoms with Gasteiger partial charge in [-0.05, 0) is 88.8 Å². The molecule has 0 amide bonds. The van der Waals surface area contributed by atoms with Gasteiger partial charge in [-0.25, -0.2) is 4.79 Å². The van der Waals surface area contributed by atoms with Gasteiger partial charge in [0.2, 0.25) is 0 Å². The van der Waals surface area contributed by atoms with E-state index in [0.717, 1.165) is 38.5 Å². The third-order valence-corrected chi connectivity index (χ3v) is 13.9. The van der Waals surface area contributed by atoms with Crippen LogP contribution in [0, 0.1) is 11.8 Å². The Kier molecular flexibility index (Phi) is 15.6. The third kappa shape index (κ3) is 12.1. The van der Waals surface area contributed by atoms with Gasteiger partial charge in [0.15, 0.2) is 14.6 Å². The Bertz CT molecular complexity index is 770. The highest BCUT2D eigenvalue weighted by molar-refractivity contribution is 6.74. The summed E-state index contributed by atoms with van der Waals surface area (Å²) >= 11 is 0. The summed E-state index contributed by atoms with van der Waals surface area (Å²) in [6.07, 6.45) is 19.2. The molecule has 0 aromatic rings. The molecule has 1 heterocycles. The molecule has 1 saturated heterocycles. The smallest absolute Gasteiger partial charge is 0.366 e. The Morgan fingerprint density at radius 2 is 1.73 bits per heavy atom. The van der Waals surface area contributed by atoms with E-state index in [1.807, 2.05) is 13.8 Å². The lowest BCUT2D eigenvalue weighted by Crippen LogP contribution is -2.57. The predicted molar refractivity (Wildman–Crippen MR) is 170 cm³/mol. The minimum Gasteiger partial charge on any atom is -0.459 e. The van der Waals surface area contributed by atoms with Gasteiger partial charge < -0.3 is 23.7 Å². The molecule has 0 spiro atoms. The largest absolute Gasteiger partial charge is 0.459 e. The predicted octanol–water partition coefficient (Wildman–Crippen LogP) is 9.06. The topological polar surface area (TPSA) is 74.2 Å². The Hall–Kier alpha value is -0.733. The zero-order chi connectivity index (χ0) is 30.5. The number of aliphatic hydroxyl groups excluding tert-OH is 1. The van der Waals surface area contributed by atoms with Crippen LogP contribution in [-0.4, -0.2) is 50.3 Å². The Morgan fingerprint density at radius 1 is 1.02 bits per heavy atom. The maximum Gasteiger partial charge on any atom is 0.366 e. The van der Waals surface area contributed by atoms with Crippen LogP contribution in [0.4, 0.5) is 0 Å². The van der Waals surface area contributed by atoms with Gasteiger partial charge in [-0.2, -0.15) is 0 Å².